The number of aromatic nitrogens is 4. The highest BCUT2D eigenvalue weighted by atomic mass is 16.5. The van der Waals surface area contributed by atoms with Gasteiger partial charge in [-0.3, -0.25) is 4.79 Å². The van der Waals surface area contributed by atoms with Crippen molar-refractivity contribution in [1.29, 1.82) is 0 Å². The van der Waals surface area contributed by atoms with Gasteiger partial charge >= 0.3 is 0 Å². The van der Waals surface area contributed by atoms with E-state index >= 15 is 0 Å². The van der Waals surface area contributed by atoms with Gasteiger partial charge in [0.2, 0.25) is 5.89 Å². The van der Waals surface area contributed by atoms with Crippen LogP contribution in [0.4, 0.5) is 5.82 Å². The molecule has 0 saturated carbocycles. The van der Waals surface area contributed by atoms with E-state index in [9.17, 15) is 4.79 Å². The first kappa shape index (κ1) is 14.2. The van der Waals surface area contributed by atoms with Crippen LogP contribution in [0.2, 0.25) is 0 Å². The van der Waals surface area contributed by atoms with Gasteiger partial charge in [0.25, 0.3) is 5.56 Å². The zero-order chi connectivity index (χ0) is 14.8. The lowest BCUT2D eigenvalue weighted by atomic mass is 10.1. The lowest BCUT2D eigenvalue weighted by Crippen LogP contribution is -2.35. The molecule has 0 atom stereocenters. The molecule has 0 aromatic carbocycles. The third-order valence-corrected chi connectivity index (χ3v) is 2.77. The lowest BCUT2D eigenvalue weighted by molar-refractivity contribution is 0.383. The third-order valence-electron chi connectivity index (χ3n) is 2.77. The van der Waals surface area contributed by atoms with E-state index < -0.39 is 0 Å². The molecule has 0 amide bonds. The van der Waals surface area contributed by atoms with Gasteiger partial charge < -0.3 is 14.4 Å². The van der Waals surface area contributed by atoms with Crippen LogP contribution in [-0.2, 0) is 12.0 Å². The first-order valence-corrected chi connectivity index (χ1v) is 6.49. The summed E-state index contributed by atoms with van der Waals surface area (Å²) in [6.45, 7) is 8.18. The normalized spacial score (nSPS) is 11.6. The molecule has 0 aliphatic heterocycles. The third kappa shape index (κ3) is 3.23. The van der Waals surface area contributed by atoms with Crippen molar-refractivity contribution in [2.45, 2.75) is 39.7 Å². The van der Waals surface area contributed by atoms with Gasteiger partial charge in [-0.15, -0.1) is 0 Å². The van der Waals surface area contributed by atoms with E-state index in [-0.39, 0.29) is 11.1 Å². The smallest absolute Gasteiger partial charge is 0.293 e. The Kier molecular flexibility index (Phi) is 3.87. The fraction of sp³-hybridized carbons (Fsp3) is 0.538. The minimum absolute atomic E-state index is 0.135. The molecule has 108 valence electrons. The summed E-state index contributed by atoms with van der Waals surface area (Å²) < 4.78 is 6.54. The summed E-state index contributed by atoms with van der Waals surface area (Å²) >= 11 is 0. The fourth-order valence-corrected chi connectivity index (χ4v) is 1.80. The van der Waals surface area contributed by atoms with Crippen LogP contribution in [0.1, 0.15) is 32.5 Å². The van der Waals surface area contributed by atoms with Crippen molar-refractivity contribution in [2.24, 2.45) is 0 Å². The topological polar surface area (TPSA) is 85.8 Å². The van der Waals surface area contributed by atoms with Crippen LogP contribution in [0.25, 0.3) is 0 Å². The molecule has 0 spiro atoms. The molecule has 0 unspecified atom stereocenters. The SMILES string of the molecule is Cc1nc(CCNc2nccn(C(C)(C)C)c2=O)no1. The van der Waals surface area contributed by atoms with Crippen LogP contribution in [-0.4, -0.2) is 26.2 Å². The highest BCUT2D eigenvalue weighted by molar-refractivity contribution is 5.31. The van der Waals surface area contributed by atoms with Gasteiger partial charge in [-0.1, -0.05) is 5.16 Å². The van der Waals surface area contributed by atoms with Crippen LogP contribution in [0.3, 0.4) is 0 Å². The van der Waals surface area contributed by atoms with E-state index in [1.807, 2.05) is 20.8 Å². The molecule has 20 heavy (non-hydrogen) atoms. The largest absolute Gasteiger partial charge is 0.365 e. The number of aryl methyl sites for hydroxylation is 1. The van der Waals surface area contributed by atoms with Crippen molar-refractivity contribution in [3.63, 3.8) is 0 Å². The molecule has 0 aliphatic rings. The van der Waals surface area contributed by atoms with Crippen molar-refractivity contribution in [2.75, 3.05) is 11.9 Å². The molecule has 7 nitrogen and oxygen atoms in total. The first-order valence-electron chi connectivity index (χ1n) is 6.49. The van der Waals surface area contributed by atoms with E-state index in [0.29, 0.717) is 30.5 Å². The predicted octanol–water partition coefficient (Wildman–Crippen LogP) is 1.34. The molecular formula is C13H19N5O2. The van der Waals surface area contributed by atoms with Gasteiger partial charge in [0.05, 0.1) is 0 Å². The van der Waals surface area contributed by atoms with Gasteiger partial charge in [-0.2, -0.15) is 4.98 Å². The Labute approximate surface area is 117 Å². The Morgan fingerprint density at radius 2 is 2.15 bits per heavy atom. The summed E-state index contributed by atoms with van der Waals surface area (Å²) in [5.74, 6) is 1.48. The Bertz CT molecular complexity index is 639. The molecule has 1 N–H and O–H groups in total. The van der Waals surface area contributed by atoms with E-state index in [1.165, 1.54) is 0 Å². The average Bonchev–Trinajstić information content (AvgIpc) is 2.76. The quantitative estimate of drug-likeness (QED) is 0.907. The summed E-state index contributed by atoms with van der Waals surface area (Å²) in [7, 11) is 0. The van der Waals surface area contributed by atoms with Crippen LogP contribution in [0, 0.1) is 6.92 Å². The zero-order valence-corrected chi connectivity index (χ0v) is 12.2. The first-order chi connectivity index (χ1) is 9.38. The molecule has 0 aliphatic carbocycles. The molecular weight excluding hydrogens is 258 g/mol. The van der Waals surface area contributed by atoms with Crippen molar-refractivity contribution in [1.82, 2.24) is 19.7 Å². The standard InChI is InChI=1S/C13H19N5O2/c1-9-16-10(17-20-9)5-6-14-11-12(19)18(8-7-15-11)13(2,3)4/h7-8H,5-6H2,1-4H3,(H,14,15). The number of rotatable bonds is 4. The molecule has 2 aromatic rings. The fourth-order valence-electron chi connectivity index (χ4n) is 1.80. The molecule has 2 heterocycles. The Morgan fingerprint density at radius 1 is 1.40 bits per heavy atom. The molecule has 2 aromatic heterocycles. The monoisotopic (exact) mass is 277 g/mol. The van der Waals surface area contributed by atoms with Crippen LogP contribution >= 0.6 is 0 Å². The van der Waals surface area contributed by atoms with Crippen LogP contribution in [0.15, 0.2) is 21.7 Å². The summed E-state index contributed by atoms with van der Waals surface area (Å²) in [6.07, 6.45) is 3.88. The van der Waals surface area contributed by atoms with Gasteiger partial charge in [-0.25, -0.2) is 4.98 Å². The molecule has 0 fully saturated rings. The highest BCUT2D eigenvalue weighted by Gasteiger charge is 2.16. The van der Waals surface area contributed by atoms with Gasteiger partial charge in [0.1, 0.15) is 0 Å². The van der Waals surface area contributed by atoms with Gasteiger partial charge in [-0.05, 0) is 20.8 Å². The molecule has 0 saturated heterocycles. The zero-order valence-electron chi connectivity index (χ0n) is 12.2. The number of anilines is 1. The molecule has 7 heteroatoms. The van der Waals surface area contributed by atoms with Crippen LogP contribution < -0.4 is 10.9 Å². The van der Waals surface area contributed by atoms with Gasteiger partial charge in [0.15, 0.2) is 11.6 Å². The van der Waals surface area contributed by atoms with Gasteiger partial charge in [0, 0.05) is 37.8 Å². The second-order valence-corrected chi connectivity index (χ2v) is 5.53. The Hall–Kier alpha value is -2.18. The number of hydrogen-bond acceptors (Lipinski definition) is 6. The minimum atomic E-state index is -0.277. The second-order valence-electron chi connectivity index (χ2n) is 5.53. The maximum Gasteiger partial charge on any atom is 0.293 e. The summed E-state index contributed by atoms with van der Waals surface area (Å²) in [6, 6.07) is 0. The molecule has 0 bridgehead atoms. The average molecular weight is 277 g/mol. The van der Waals surface area contributed by atoms with Crippen molar-refractivity contribution in [3.8, 4) is 0 Å². The van der Waals surface area contributed by atoms with Crippen molar-refractivity contribution >= 4 is 5.82 Å². The summed E-state index contributed by atoms with van der Waals surface area (Å²) in [5.41, 5.74) is -0.411. The van der Waals surface area contributed by atoms with E-state index in [1.54, 1.807) is 23.9 Å². The molecule has 0 radical (unpaired) electrons. The Morgan fingerprint density at radius 3 is 2.75 bits per heavy atom. The van der Waals surface area contributed by atoms with Crippen LogP contribution in [0.5, 0.6) is 0 Å². The highest BCUT2D eigenvalue weighted by Crippen LogP contribution is 2.10. The maximum atomic E-state index is 12.3. The summed E-state index contributed by atoms with van der Waals surface area (Å²) in [5, 5.41) is 6.81. The van der Waals surface area contributed by atoms with E-state index in [0.717, 1.165) is 0 Å². The van der Waals surface area contributed by atoms with Crippen molar-refractivity contribution < 1.29 is 4.52 Å². The Balaban J connectivity index is 2.05. The second kappa shape index (κ2) is 5.44. The van der Waals surface area contributed by atoms with E-state index in [2.05, 4.69) is 20.4 Å². The van der Waals surface area contributed by atoms with Crippen molar-refractivity contribution in [3.05, 3.63) is 34.5 Å². The van der Waals surface area contributed by atoms with E-state index in [4.69, 9.17) is 4.52 Å². The lowest BCUT2D eigenvalue weighted by Gasteiger charge is -2.22. The number of hydrogen-bond donors (Lipinski definition) is 1. The predicted molar refractivity (Wildman–Crippen MR) is 74.7 cm³/mol. The summed E-state index contributed by atoms with van der Waals surface area (Å²) in [4.78, 5) is 20.4. The maximum absolute atomic E-state index is 12.3. The minimum Gasteiger partial charge on any atom is -0.365 e. The number of nitrogens with one attached hydrogen (secondary N) is 1. The molecule has 2 rings (SSSR count). The number of nitrogens with zero attached hydrogens (tertiary/aromatic N) is 4.